The molecule has 29 heavy (non-hydrogen) atoms. The van der Waals surface area contributed by atoms with Gasteiger partial charge in [-0.1, -0.05) is 0 Å². The molecule has 2 aliphatic heterocycles. The van der Waals surface area contributed by atoms with Crippen molar-refractivity contribution in [3.05, 3.63) is 31.0 Å². The van der Waals surface area contributed by atoms with Gasteiger partial charge in [0.2, 0.25) is 0 Å². The Morgan fingerprint density at radius 3 is 2.66 bits per heavy atom. The number of carbonyl (C=O) groups is 1. The van der Waals surface area contributed by atoms with Gasteiger partial charge in [-0.25, -0.2) is 14.8 Å². The van der Waals surface area contributed by atoms with E-state index in [0.717, 1.165) is 40.8 Å². The van der Waals surface area contributed by atoms with Crippen LogP contribution >= 0.6 is 0 Å². The molecule has 156 valence electrons. The number of imidazole rings is 1. The number of fused-ring (bicyclic) bond motifs is 3. The quantitative estimate of drug-likeness (QED) is 0.615. The van der Waals surface area contributed by atoms with E-state index in [-0.39, 0.29) is 13.0 Å². The number of halogens is 3. The normalized spacial score (nSPS) is 20.2. The smallest absolute Gasteiger partial charge is 0.345 e. The number of H-pyrrole nitrogens is 1. The van der Waals surface area contributed by atoms with Crippen LogP contribution in [-0.4, -0.2) is 67.0 Å². The molecule has 3 aromatic rings. The zero-order chi connectivity index (χ0) is 20.4. The maximum Gasteiger partial charge on any atom is 0.408 e. The first kappa shape index (κ1) is 19.5. The molecule has 0 saturated carbocycles. The standard InChI is InChI=1S/C11H17F3N2O.C8H6N4/c12-11(13,14)9-5-4-8-16(9)10(17)15-6-2-1-3-7-15;1-2-10-8-7(1)12-5-9-3-6(12)4-11-8/h9H,1-8H2;1-5,10H. The van der Waals surface area contributed by atoms with E-state index in [1.165, 1.54) is 0 Å². The van der Waals surface area contributed by atoms with Crippen LogP contribution in [0.2, 0.25) is 0 Å². The minimum atomic E-state index is -4.29. The molecule has 0 spiro atoms. The second kappa shape index (κ2) is 7.92. The van der Waals surface area contributed by atoms with Gasteiger partial charge < -0.3 is 14.8 Å². The van der Waals surface area contributed by atoms with Crippen molar-refractivity contribution >= 4 is 22.7 Å². The van der Waals surface area contributed by atoms with Gasteiger partial charge in [0, 0.05) is 25.8 Å². The third-order valence-electron chi connectivity index (χ3n) is 5.46. The number of urea groups is 1. The van der Waals surface area contributed by atoms with Crippen LogP contribution in [0.1, 0.15) is 32.1 Å². The SMILES string of the molecule is O=C(N1CCCCC1)N1CCCC1C(F)(F)F.c1cc2c(ncc3cncn32)[nH]1. The lowest BCUT2D eigenvalue weighted by Gasteiger charge is -2.34. The Bertz CT molecular complexity index is 926. The predicted octanol–water partition coefficient (Wildman–Crippen LogP) is 3.83. The highest BCUT2D eigenvalue weighted by Crippen LogP contribution is 2.33. The van der Waals surface area contributed by atoms with E-state index in [0.29, 0.717) is 19.5 Å². The minimum Gasteiger partial charge on any atom is -0.345 e. The summed E-state index contributed by atoms with van der Waals surface area (Å²) >= 11 is 0. The number of piperidine rings is 1. The van der Waals surface area contributed by atoms with E-state index < -0.39 is 18.2 Å². The van der Waals surface area contributed by atoms with E-state index in [2.05, 4.69) is 15.0 Å². The summed E-state index contributed by atoms with van der Waals surface area (Å²) < 4.78 is 40.2. The van der Waals surface area contributed by atoms with Gasteiger partial charge in [0.25, 0.3) is 0 Å². The number of hydrogen-bond donors (Lipinski definition) is 1. The van der Waals surface area contributed by atoms with Gasteiger partial charge in [0.1, 0.15) is 6.04 Å². The first-order chi connectivity index (χ1) is 13.9. The first-order valence-corrected chi connectivity index (χ1v) is 9.81. The molecule has 0 bridgehead atoms. The first-order valence-electron chi connectivity index (χ1n) is 9.81. The number of nitrogens with one attached hydrogen (secondary N) is 1. The summed E-state index contributed by atoms with van der Waals surface area (Å²) in [6.07, 6.45) is 6.31. The summed E-state index contributed by atoms with van der Waals surface area (Å²) in [5, 5.41) is 0. The number of hydrogen-bond acceptors (Lipinski definition) is 3. The third-order valence-corrected chi connectivity index (χ3v) is 5.46. The molecule has 7 nitrogen and oxygen atoms in total. The lowest BCUT2D eigenvalue weighted by molar-refractivity contribution is -0.170. The Hall–Kier alpha value is -2.78. The molecule has 0 aromatic carbocycles. The van der Waals surface area contributed by atoms with E-state index in [1.807, 2.05) is 16.7 Å². The van der Waals surface area contributed by atoms with Crippen molar-refractivity contribution in [3.8, 4) is 0 Å². The molecule has 3 aromatic heterocycles. The average molecular weight is 408 g/mol. The van der Waals surface area contributed by atoms with Crippen LogP contribution in [0.4, 0.5) is 18.0 Å². The number of amides is 2. The molecule has 2 aliphatic rings. The fourth-order valence-electron chi connectivity index (χ4n) is 3.99. The summed E-state index contributed by atoms with van der Waals surface area (Å²) in [7, 11) is 0. The number of rotatable bonds is 0. The lowest BCUT2D eigenvalue weighted by atomic mass is 10.1. The number of nitrogens with zero attached hydrogens (tertiary/aromatic N) is 5. The van der Waals surface area contributed by atoms with E-state index in [1.54, 1.807) is 23.6 Å². The topological polar surface area (TPSA) is 69.5 Å². The highest BCUT2D eigenvalue weighted by molar-refractivity contribution is 5.75. The monoisotopic (exact) mass is 408 g/mol. The maximum absolute atomic E-state index is 12.7. The largest absolute Gasteiger partial charge is 0.408 e. The predicted molar refractivity (Wildman–Crippen MR) is 101 cm³/mol. The number of aromatic amines is 1. The van der Waals surface area contributed by atoms with Crippen molar-refractivity contribution in [2.24, 2.45) is 0 Å². The average Bonchev–Trinajstić information content (AvgIpc) is 3.47. The van der Waals surface area contributed by atoms with Crippen LogP contribution in [0, 0.1) is 0 Å². The molecular formula is C19H23F3N6O. The Balaban J connectivity index is 0.000000149. The molecule has 5 rings (SSSR count). The van der Waals surface area contributed by atoms with Gasteiger partial charge >= 0.3 is 12.2 Å². The molecule has 1 unspecified atom stereocenters. The second-order valence-corrected chi connectivity index (χ2v) is 7.38. The fraction of sp³-hybridized carbons (Fsp3) is 0.526. The lowest BCUT2D eigenvalue weighted by Crippen LogP contribution is -2.51. The molecule has 2 fully saturated rings. The Morgan fingerprint density at radius 1 is 1.10 bits per heavy atom. The molecule has 1 atom stereocenters. The summed E-state index contributed by atoms with van der Waals surface area (Å²) in [5.41, 5.74) is 2.97. The van der Waals surface area contributed by atoms with Gasteiger partial charge in [-0.15, -0.1) is 0 Å². The molecular weight excluding hydrogens is 385 g/mol. The molecule has 2 saturated heterocycles. The van der Waals surface area contributed by atoms with Gasteiger partial charge in [-0.05, 0) is 38.2 Å². The molecule has 2 amide bonds. The van der Waals surface area contributed by atoms with Gasteiger partial charge in [0.05, 0.1) is 29.8 Å². The van der Waals surface area contributed by atoms with Crippen LogP contribution < -0.4 is 0 Å². The zero-order valence-electron chi connectivity index (χ0n) is 15.9. The third kappa shape index (κ3) is 4.01. The van der Waals surface area contributed by atoms with Crippen molar-refractivity contribution in [2.75, 3.05) is 19.6 Å². The molecule has 0 aliphatic carbocycles. The van der Waals surface area contributed by atoms with Crippen LogP contribution in [0.3, 0.4) is 0 Å². The van der Waals surface area contributed by atoms with Crippen molar-refractivity contribution < 1.29 is 18.0 Å². The number of aromatic nitrogens is 4. The maximum atomic E-state index is 12.7. The van der Waals surface area contributed by atoms with Gasteiger partial charge in [-0.2, -0.15) is 13.2 Å². The molecule has 5 heterocycles. The van der Waals surface area contributed by atoms with Gasteiger partial charge in [-0.3, -0.25) is 4.40 Å². The van der Waals surface area contributed by atoms with Crippen molar-refractivity contribution in [1.82, 2.24) is 29.2 Å². The van der Waals surface area contributed by atoms with Crippen LogP contribution in [0.5, 0.6) is 0 Å². The highest BCUT2D eigenvalue weighted by atomic mass is 19.4. The van der Waals surface area contributed by atoms with Crippen molar-refractivity contribution in [1.29, 1.82) is 0 Å². The van der Waals surface area contributed by atoms with E-state index in [4.69, 9.17) is 0 Å². The minimum absolute atomic E-state index is 0.0447. The van der Waals surface area contributed by atoms with Crippen molar-refractivity contribution in [3.63, 3.8) is 0 Å². The summed E-state index contributed by atoms with van der Waals surface area (Å²) in [6, 6.07) is -0.0155. The van der Waals surface area contributed by atoms with Crippen LogP contribution in [-0.2, 0) is 0 Å². The molecule has 10 heteroatoms. The summed E-state index contributed by atoms with van der Waals surface area (Å²) in [5.74, 6) is 0. The fourth-order valence-corrected chi connectivity index (χ4v) is 3.99. The summed E-state index contributed by atoms with van der Waals surface area (Å²) in [6.45, 7) is 1.43. The molecule has 0 radical (unpaired) electrons. The Labute approximate surface area is 165 Å². The summed E-state index contributed by atoms with van der Waals surface area (Å²) in [4.78, 5) is 25.9. The second-order valence-electron chi connectivity index (χ2n) is 7.38. The van der Waals surface area contributed by atoms with E-state index >= 15 is 0 Å². The zero-order valence-corrected chi connectivity index (χ0v) is 15.9. The number of carbonyl (C=O) groups excluding carboxylic acids is 1. The Morgan fingerprint density at radius 2 is 1.90 bits per heavy atom. The van der Waals surface area contributed by atoms with Gasteiger partial charge in [0.15, 0.2) is 5.65 Å². The Kier molecular flexibility index (Phi) is 5.33. The number of alkyl halides is 3. The van der Waals surface area contributed by atoms with Crippen LogP contribution in [0.15, 0.2) is 31.0 Å². The highest BCUT2D eigenvalue weighted by Gasteiger charge is 2.48. The van der Waals surface area contributed by atoms with Crippen LogP contribution in [0.25, 0.3) is 16.7 Å². The number of likely N-dealkylation sites (tertiary alicyclic amines) is 2. The van der Waals surface area contributed by atoms with E-state index in [9.17, 15) is 18.0 Å². The molecule has 1 N–H and O–H groups in total. The van der Waals surface area contributed by atoms with Crippen molar-refractivity contribution in [2.45, 2.75) is 44.3 Å².